The molecule has 2 aliphatic heterocycles. The van der Waals surface area contributed by atoms with E-state index in [1.807, 2.05) is 19.1 Å². The summed E-state index contributed by atoms with van der Waals surface area (Å²) in [6, 6.07) is 9.87. The van der Waals surface area contributed by atoms with Gasteiger partial charge in [-0.3, -0.25) is 4.79 Å². The Hall–Kier alpha value is -2.44. The van der Waals surface area contributed by atoms with Crippen LogP contribution in [0.1, 0.15) is 24.5 Å². The van der Waals surface area contributed by atoms with Crippen LogP contribution in [-0.2, 0) is 11.2 Å². The van der Waals surface area contributed by atoms with Crippen LogP contribution < -0.4 is 19.7 Å². The number of hydrogen-bond acceptors (Lipinski definition) is 5. The van der Waals surface area contributed by atoms with E-state index in [1.165, 1.54) is 5.69 Å². The van der Waals surface area contributed by atoms with E-state index in [9.17, 15) is 4.79 Å². The normalized spacial score (nSPS) is 16.7. The number of amides is 1. The number of aryl methyl sites for hydroxylation is 1. The van der Waals surface area contributed by atoms with E-state index in [0.29, 0.717) is 29.7 Å². The summed E-state index contributed by atoms with van der Waals surface area (Å²) in [6.07, 6.45) is 1.03. The van der Waals surface area contributed by atoms with Crippen LogP contribution in [0.25, 0.3) is 0 Å². The lowest BCUT2D eigenvalue weighted by Crippen LogP contribution is -2.46. The van der Waals surface area contributed by atoms with E-state index < -0.39 is 0 Å². The Balaban J connectivity index is 1.40. The molecule has 7 heteroatoms. The number of hydrogen-bond donors (Lipinski definition) is 1. The van der Waals surface area contributed by atoms with Crippen molar-refractivity contribution in [2.45, 2.75) is 26.7 Å². The molecular formula is C24H30ClN3O3. The molecule has 31 heavy (non-hydrogen) atoms. The molecule has 0 radical (unpaired) electrons. The van der Waals surface area contributed by atoms with Crippen LogP contribution in [0.2, 0.25) is 5.02 Å². The quantitative estimate of drug-likeness (QED) is 0.752. The second-order valence-corrected chi connectivity index (χ2v) is 8.51. The van der Waals surface area contributed by atoms with E-state index in [0.717, 1.165) is 56.0 Å². The number of anilines is 2. The van der Waals surface area contributed by atoms with Crippen molar-refractivity contribution >= 4 is 28.9 Å². The number of nitrogens with one attached hydrogen (secondary N) is 1. The Morgan fingerprint density at radius 2 is 1.87 bits per heavy atom. The second kappa shape index (κ2) is 9.79. The number of fused-ring (bicyclic) bond motifs is 1. The lowest BCUT2D eigenvalue weighted by Gasteiger charge is -2.35. The monoisotopic (exact) mass is 443 g/mol. The highest BCUT2D eigenvalue weighted by Gasteiger charge is 2.18. The first-order chi connectivity index (χ1) is 15.0. The summed E-state index contributed by atoms with van der Waals surface area (Å²) in [5, 5.41) is 3.51. The Morgan fingerprint density at radius 1 is 1.10 bits per heavy atom. The summed E-state index contributed by atoms with van der Waals surface area (Å²) in [4.78, 5) is 17.6. The first-order valence-corrected chi connectivity index (χ1v) is 11.4. The zero-order valence-electron chi connectivity index (χ0n) is 18.2. The lowest BCUT2D eigenvalue weighted by molar-refractivity contribution is -0.115. The van der Waals surface area contributed by atoms with Gasteiger partial charge in [0.1, 0.15) is 0 Å². The van der Waals surface area contributed by atoms with E-state index in [4.69, 9.17) is 21.1 Å². The van der Waals surface area contributed by atoms with Crippen molar-refractivity contribution in [1.82, 2.24) is 4.90 Å². The Labute approximate surface area is 189 Å². The summed E-state index contributed by atoms with van der Waals surface area (Å²) in [6.45, 7) is 10.7. The molecule has 1 fully saturated rings. The van der Waals surface area contributed by atoms with Crippen molar-refractivity contribution in [3.05, 3.63) is 46.5 Å². The fourth-order valence-corrected chi connectivity index (χ4v) is 4.36. The van der Waals surface area contributed by atoms with Gasteiger partial charge >= 0.3 is 0 Å². The molecule has 4 rings (SSSR count). The predicted octanol–water partition coefficient (Wildman–Crippen LogP) is 4.13. The van der Waals surface area contributed by atoms with Gasteiger partial charge in [-0.05, 0) is 54.9 Å². The van der Waals surface area contributed by atoms with Crippen LogP contribution in [-0.4, -0.2) is 56.7 Å². The van der Waals surface area contributed by atoms with Crippen LogP contribution in [0.5, 0.6) is 11.5 Å². The minimum absolute atomic E-state index is 0.0852. The number of benzene rings is 2. The number of rotatable bonds is 5. The summed E-state index contributed by atoms with van der Waals surface area (Å²) in [5.74, 6) is 1.09. The molecule has 2 aromatic rings. The number of nitrogens with zero attached hydrogens (tertiary/aromatic N) is 2. The number of ether oxygens (including phenoxy) is 2. The van der Waals surface area contributed by atoms with Gasteiger partial charge < -0.3 is 24.6 Å². The highest BCUT2D eigenvalue weighted by Crippen LogP contribution is 2.38. The molecule has 2 aromatic carbocycles. The van der Waals surface area contributed by atoms with Crippen molar-refractivity contribution < 1.29 is 14.3 Å². The molecule has 1 N–H and O–H groups in total. The molecule has 0 spiro atoms. The molecule has 166 valence electrons. The molecule has 2 heterocycles. The zero-order valence-corrected chi connectivity index (χ0v) is 19.0. The summed E-state index contributed by atoms with van der Waals surface area (Å²) in [5.41, 5.74) is 3.90. The lowest BCUT2D eigenvalue weighted by atomic mass is 10.1. The maximum atomic E-state index is 12.7. The molecule has 0 unspecified atom stereocenters. The number of piperazine rings is 1. The van der Waals surface area contributed by atoms with Gasteiger partial charge in [-0.2, -0.15) is 0 Å². The van der Waals surface area contributed by atoms with Crippen LogP contribution in [0.3, 0.4) is 0 Å². The maximum Gasteiger partial charge on any atom is 0.228 e. The minimum Gasteiger partial charge on any atom is -0.489 e. The number of likely N-dealkylation sites (N-methyl/N-ethyl adjacent to an activating group) is 1. The fraction of sp³-hybridized carbons (Fsp3) is 0.458. The highest BCUT2D eigenvalue weighted by molar-refractivity contribution is 6.32. The standard InChI is InChI=1S/C24H30ClN3O3/c1-3-27-7-9-28(10-8-27)19-5-6-21(17(2)13-19)26-23(29)16-18-14-20(25)24-22(15-18)30-11-4-12-31-24/h5-6,13-15H,3-4,7-12,16H2,1-2H3,(H,26,29). The van der Waals surface area contributed by atoms with Gasteiger partial charge in [-0.25, -0.2) is 0 Å². The van der Waals surface area contributed by atoms with Gasteiger partial charge in [0.05, 0.1) is 24.7 Å². The Morgan fingerprint density at radius 3 is 2.61 bits per heavy atom. The summed E-state index contributed by atoms with van der Waals surface area (Å²) >= 11 is 6.35. The smallest absolute Gasteiger partial charge is 0.228 e. The molecule has 1 saturated heterocycles. The Kier molecular flexibility index (Phi) is 6.88. The van der Waals surface area contributed by atoms with E-state index in [-0.39, 0.29) is 12.3 Å². The first kappa shape index (κ1) is 21.8. The molecule has 2 aliphatic rings. The molecule has 0 bridgehead atoms. The molecule has 0 saturated carbocycles. The molecular weight excluding hydrogens is 414 g/mol. The van der Waals surface area contributed by atoms with Crippen molar-refractivity contribution in [1.29, 1.82) is 0 Å². The van der Waals surface area contributed by atoms with Crippen LogP contribution in [0.4, 0.5) is 11.4 Å². The number of halogens is 1. The van der Waals surface area contributed by atoms with Gasteiger partial charge in [0.2, 0.25) is 5.91 Å². The number of carbonyl (C=O) groups excluding carboxylic acids is 1. The highest BCUT2D eigenvalue weighted by atomic mass is 35.5. The molecule has 6 nitrogen and oxygen atoms in total. The van der Waals surface area contributed by atoms with E-state index >= 15 is 0 Å². The molecule has 0 aliphatic carbocycles. The zero-order chi connectivity index (χ0) is 21.8. The van der Waals surface area contributed by atoms with Crippen LogP contribution >= 0.6 is 11.6 Å². The average Bonchev–Trinajstić information content (AvgIpc) is 3.01. The van der Waals surface area contributed by atoms with Gasteiger partial charge in [-0.15, -0.1) is 0 Å². The summed E-state index contributed by atoms with van der Waals surface area (Å²) < 4.78 is 11.4. The summed E-state index contributed by atoms with van der Waals surface area (Å²) in [7, 11) is 0. The molecule has 1 amide bonds. The van der Waals surface area contributed by atoms with E-state index in [1.54, 1.807) is 6.07 Å². The van der Waals surface area contributed by atoms with Crippen LogP contribution in [0, 0.1) is 6.92 Å². The fourth-order valence-electron chi connectivity index (χ4n) is 4.07. The van der Waals surface area contributed by atoms with Gasteiger partial charge in [0.25, 0.3) is 0 Å². The van der Waals surface area contributed by atoms with Crippen molar-refractivity contribution in [3.63, 3.8) is 0 Å². The third-order valence-electron chi connectivity index (χ3n) is 5.90. The SMILES string of the molecule is CCN1CCN(c2ccc(NC(=O)Cc3cc(Cl)c4c(c3)OCCCO4)c(C)c2)CC1. The van der Waals surface area contributed by atoms with Gasteiger partial charge in [0.15, 0.2) is 11.5 Å². The van der Waals surface area contributed by atoms with Crippen molar-refractivity contribution in [2.24, 2.45) is 0 Å². The molecule has 0 atom stereocenters. The second-order valence-electron chi connectivity index (χ2n) is 8.10. The number of carbonyl (C=O) groups is 1. The minimum atomic E-state index is -0.0852. The Bertz CT molecular complexity index is 942. The predicted molar refractivity (Wildman–Crippen MR) is 125 cm³/mol. The van der Waals surface area contributed by atoms with Crippen molar-refractivity contribution in [2.75, 3.05) is 56.2 Å². The maximum absolute atomic E-state index is 12.7. The first-order valence-electron chi connectivity index (χ1n) is 11.0. The van der Waals surface area contributed by atoms with E-state index in [2.05, 4.69) is 34.2 Å². The van der Waals surface area contributed by atoms with Gasteiger partial charge in [0, 0.05) is 44.0 Å². The third kappa shape index (κ3) is 5.25. The topological polar surface area (TPSA) is 54.0 Å². The van der Waals surface area contributed by atoms with Crippen molar-refractivity contribution in [3.8, 4) is 11.5 Å². The molecule has 0 aromatic heterocycles. The third-order valence-corrected chi connectivity index (χ3v) is 6.18. The van der Waals surface area contributed by atoms with Crippen LogP contribution in [0.15, 0.2) is 30.3 Å². The van der Waals surface area contributed by atoms with Gasteiger partial charge in [-0.1, -0.05) is 18.5 Å². The largest absolute Gasteiger partial charge is 0.489 e. The average molecular weight is 444 g/mol.